The van der Waals surface area contributed by atoms with Crippen molar-refractivity contribution in [2.24, 2.45) is 5.73 Å². The molecule has 100 valence electrons. The molecule has 2 heterocycles. The summed E-state index contributed by atoms with van der Waals surface area (Å²) in [4.78, 5) is 7.26. The van der Waals surface area contributed by atoms with Gasteiger partial charge in [0, 0.05) is 24.8 Å². The number of anilines is 1. The van der Waals surface area contributed by atoms with Crippen LogP contribution >= 0.6 is 0 Å². The number of nitrogens with two attached hydrogens (primary N) is 1. The molecule has 1 aromatic heterocycles. The van der Waals surface area contributed by atoms with E-state index in [9.17, 15) is 0 Å². The van der Waals surface area contributed by atoms with Crippen LogP contribution in [-0.4, -0.2) is 17.6 Å². The Labute approximate surface area is 110 Å². The average molecular weight is 247 g/mol. The number of hydrogen-bond donors (Lipinski definition) is 1. The van der Waals surface area contributed by atoms with Crippen molar-refractivity contribution in [1.82, 2.24) is 4.98 Å². The Morgan fingerprint density at radius 1 is 1.39 bits per heavy atom. The van der Waals surface area contributed by atoms with Gasteiger partial charge in [0.15, 0.2) is 0 Å². The van der Waals surface area contributed by atoms with Crippen LogP contribution in [-0.2, 0) is 13.0 Å². The number of aromatic nitrogens is 1. The lowest BCUT2D eigenvalue weighted by atomic mass is 10.0. The summed E-state index contributed by atoms with van der Waals surface area (Å²) in [7, 11) is 0. The zero-order chi connectivity index (χ0) is 13.0. The number of aryl methyl sites for hydroxylation is 1. The second-order valence-electron chi connectivity index (χ2n) is 5.32. The molecule has 0 spiro atoms. The summed E-state index contributed by atoms with van der Waals surface area (Å²) in [6.07, 6.45) is 6.08. The normalized spacial score (nSPS) is 20.2. The van der Waals surface area contributed by atoms with Crippen LogP contribution in [0.1, 0.15) is 50.8 Å². The minimum atomic E-state index is 0.605. The minimum Gasteiger partial charge on any atom is -0.354 e. The Morgan fingerprint density at radius 3 is 2.89 bits per heavy atom. The van der Waals surface area contributed by atoms with E-state index < -0.39 is 0 Å². The van der Waals surface area contributed by atoms with Crippen LogP contribution < -0.4 is 10.6 Å². The third kappa shape index (κ3) is 3.02. The van der Waals surface area contributed by atoms with E-state index >= 15 is 0 Å². The molecule has 1 aliphatic rings. The Hall–Kier alpha value is -1.09. The first-order valence-electron chi connectivity index (χ1n) is 7.21. The van der Waals surface area contributed by atoms with E-state index in [-0.39, 0.29) is 0 Å². The second-order valence-corrected chi connectivity index (χ2v) is 5.32. The Morgan fingerprint density at radius 2 is 2.22 bits per heavy atom. The first-order valence-corrected chi connectivity index (χ1v) is 7.21. The molecular formula is C15H25N3. The number of pyridine rings is 1. The highest BCUT2D eigenvalue weighted by Crippen LogP contribution is 2.24. The van der Waals surface area contributed by atoms with Crippen molar-refractivity contribution in [3.8, 4) is 0 Å². The van der Waals surface area contributed by atoms with Crippen LogP contribution in [0, 0.1) is 0 Å². The van der Waals surface area contributed by atoms with Gasteiger partial charge < -0.3 is 10.6 Å². The maximum Gasteiger partial charge on any atom is 0.129 e. The monoisotopic (exact) mass is 247 g/mol. The van der Waals surface area contributed by atoms with Gasteiger partial charge >= 0.3 is 0 Å². The highest BCUT2D eigenvalue weighted by Gasteiger charge is 2.20. The topological polar surface area (TPSA) is 42.1 Å². The maximum atomic E-state index is 5.80. The summed E-state index contributed by atoms with van der Waals surface area (Å²) >= 11 is 0. The van der Waals surface area contributed by atoms with Crippen molar-refractivity contribution < 1.29 is 0 Å². The fraction of sp³-hybridized carbons (Fsp3) is 0.667. The first kappa shape index (κ1) is 13.3. The Bertz CT molecular complexity index is 389. The molecule has 0 bridgehead atoms. The summed E-state index contributed by atoms with van der Waals surface area (Å²) in [6.45, 7) is 6.23. The van der Waals surface area contributed by atoms with E-state index in [0.717, 1.165) is 25.2 Å². The number of piperidine rings is 1. The Kier molecular flexibility index (Phi) is 4.59. The lowest BCUT2D eigenvalue weighted by Crippen LogP contribution is -2.38. The molecular weight excluding hydrogens is 222 g/mol. The molecule has 0 saturated carbocycles. The molecule has 1 saturated heterocycles. The quantitative estimate of drug-likeness (QED) is 0.889. The van der Waals surface area contributed by atoms with Crippen molar-refractivity contribution >= 4 is 5.82 Å². The number of rotatable bonds is 4. The third-order valence-electron chi connectivity index (χ3n) is 3.76. The van der Waals surface area contributed by atoms with Gasteiger partial charge in [0.05, 0.1) is 0 Å². The summed E-state index contributed by atoms with van der Waals surface area (Å²) < 4.78 is 0. The van der Waals surface area contributed by atoms with Crippen LogP contribution in [0.3, 0.4) is 0 Å². The van der Waals surface area contributed by atoms with Crippen molar-refractivity contribution in [3.63, 3.8) is 0 Å². The standard InChI is InChI=1S/C15H25N3/c1-3-6-14-9-13(11-16)10-15(17-14)18-8-5-4-7-12(18)2/h9-10,12H,3-8,11,16H2,1-2H3. The van der Waals surface area contributed by atoms with Crippen LogP contribution in [0.5, 0.6) is 0 Å². The van der Waals surface area contributed by atoms with Crippen molar-refractivity contribution in [1.29, 1.82) is 0 Å². The van der Waals surface area contributed by atoms with Crippen LogP contribution in [0.2, 0.25) is 0 Å². The molecule has 1 aliphatic heterocycles. The van der Waals surface area contributed by atoms with Gasteiger partial charge in [-0.25, -0.2) is 4.98 Å². The van der Waals surface area contributed by atoms with Crippen LogP contribution in [0.4, 0.5) is 5.82 Å². The van der Waals surface area contributed by atoms with Gasteiger partial charge in [0.2, 0.25) is 0 Å². The second kappa shape index (κ2) is 6.19. The minimum absolute atomic E-state index is 0.605. The third-order valence-corrected chi connectivity index (χ3v) is 3.76. The van der Waals surface area contributed by atoms with Crippen molar-refractivity contribution in [3.05, 3.63) is 23.4 Å². The fourth-order valence-electron chi connectivity index (χ4n) is 2.72. The van der Waals surface area contributed by atoms with Crippen molar-refractivity contribution in [2.75, 3.05) is 11.4 Å². The van der Waals surface area contributed by atoms with Gasteiger partial charge in [-0.1, -0.05) is 13.3 Å². The van der Waals surface area contributed by atoms with Gasteiger partial charge in [0.1, 0.15) is 5.82 Å². The van der Waals surface area contributed by atoms with E-state index in [4.69, 9.17) is 10.7 Å². The molecule has 2 rings (SSSR count). The molecule has 1 unspecified atom stereocenters. The predicted molar refractivity (Wildman–Crippen MR) is 76.8 cm³/mol. The van der Waals surface area contributed by atoms with E-state index in [1.165, 1.54) is 30.5 Å². The van der Waals surface area contributed by atoms with Gasteiger partial charge in [-0.3, -0.25) is 0 Å². The highest BCUT2D eigenvalue weighted by atomic mass is 15.2. The molecule has 0 aromatic carbocycles. The molecule has 0 aliphatic carbocycles. The number of hydrogen-bond acceptors (Lipinski definition) is 3. The molecule has 3 heteroatoms. The van der Waals surface area contributed by atoms with Gasteiger partial charge in [-0.15, -0.1) is 0 Å². The maximum absolute atomic E-state index is 5.80. The van der Waals surface area contributed by atoms with E-state index in [0.29, 0.717) is 12.6 Å². The zero-order valence-electron chi connectivity index (χ0n) is 11.7. The van der Waals surface area contributed by atoms with E-state index in [1.807, 2.05) is 0 Å². The zero-order valence-corrected chi connectivity index (χ0v) is 11.7. The summed E-state index contributed by atoms with van der Waals surface area (Å²) in [5, 5.41) is 0. The molecule has 1 aromatic rings. The lowest BCUT2D eigenvalue weighted by Gasteiger charge is -2.34. The summed E-state index contributed by atoms with van der Waals surface area (Å²) in [5.74, 6) is 1.13. The summed E-state index contributed by atoms with van der Waals surface area (Å²) in [6, 6.07) is 4.93. The van der Waals surface area contributed by atoms with Gasteiger partial charge in [-0.05, 0) is 50.3 Å². The van der Waals surface area contributed by atoms with E-state index in [1.54, 1.807) is 0 Å². The average Bonchev–Trinajstić information content (AvgIpc) is 2.39. The first-order chi connectivity index (χ1) is 8.74. The SMILES string of the molecule is CCCc1cc(CN)cc(N2CCCCC2C)n1. The van der Waals surface area contributed by atoms with Gasteiger partial charge in [-0.2, -0.15) is 0 Å². The van der Waals surface area contributed by atoms with Crippen molar-refractivity contribution in [2.45, 2.75) is 58.5 Å². The Balaban J connectivity index is 2.27. The molecule has 2 N–H and O–H groups in total. The molecule has 0 radical (unpaired) electrons. The van der Waals surface area contributed by atoms with Crippen LogP contribution in [0.15, 0.2) is 12.1 Å². The number of nitrogens with zero attached hydrogens (tertiary/aromatic N) is 2. The molecule has 1 fully saturated rings. The molecule has 18 heavy (non-hydrogen) atoms. The molecule has 1 atom stereocenters. The lowest BCUT2D eigenvalue weighted by molar-refractivity contribution is 0.480. The molecule has 0 amide bonds. The predicted octanol–water partition coefficient (Wildman–Crippen LogP) is 2.87. The van der Waals surface area contributed by atoms with Gasteiger partial charge in [0.25, 0.3) is 0 Å². The smallest absolute Gasteiger partial charge is 0.129 e. The largest absolute Gasteiger partial charge is 0.354 e. The highest BCUT2D eigenvalue weighted by molar-refractivity contribution is 5.44. The molecule has 3 nitrogen and oxygen atoms in total. The van der Waals surface area contributed by atoms with E-state index in [2.05, 4.69) is 30.9 Å². The fourth-order valence-corrected chi connectivity index (χ4v) is 2.72. The van der Waals surface area contributed by atoms with Crippen LogP contribution in [0.25, 0.3) is 0 Å². The summed E-state index contributed by atoms with van der Waals surface area (Å²) in [5.41, 5.74) is 8.20.